The zero-order chi connectivity index (χ0) is 14.7. The van der Waals surface area contributed by atoms with Gasteiger partial charge in [0.1, 0.15) is 0 Å². The van der Waals surface area contributed by atoms with Crippen molar-refractivity contribution in [3.05, 3.63) is 57.6 Å². The van der Waals surface area contributed by atoms with Gasteiger partial charge in [-0.3, -0.25) is 0 Å². The van der Waals surface area contributed by atoms with Gasteiger partial charge in [0.15, 0.2) is 23.1 Å². The first kappa shape index (κ1) is 14.8. The zero-order valence-electron chi connectivity index (χ0n) is 11.0. The average molecular weight is 343 g/mol. The van der Waals surface area contributed by atoms with E-state index in [2.05, 4.69) is 15.9 Å². The Balaban J connectivity index is 2.30. The van der Waals surface area contributed by atoms with Crippen LogP contribution in [0.3, 0.4) is 0 Å². The Morgan fingerprint density at radius 3 is 2.20 bits per heavy atom. The Kier molecular flexibility index (Phi) is 4.60. The number of hydrogen-bond acceptors (Lipinski definition) is 2. The average Bonchev–Trinajstić information content (AvgIpc) is 2.42. The third-order valence-corrected chi connectivity index (χ3v) is 3.67. The fourth-order valence-corrected chi connectivity index (χ4v) is 2.36. The lowest BCUT2D eigenvalue weighted by molar-refractivity contribution is 0.385. The molecule has 0 aliphatic rings. The minimum absolute atomic E-state index is 0.168. The third kappa shape index (κ3) is 3.10. The van der Waals surface area contributed by atoms with E-state index in [-0.39, 0.29) is 11.5 Å². The first-order chi connectivity index (χ1) is 9.55. The number of methoxy groups -OCH3 is 2. The van der Waals surface area contributed by atoms with Gasteiger partial charge in [-0.15, -0.1) is 0 Å². The van der Waals surface area contributed by atoms with Gasteiger partial charge in [0.25, 0.3) is 0 Å². The Hall–Kier alpha value is -1.62. The van der Waals surface area contributed by atoms with E-state index in [1.165, 1.54) is 26.4 Å². The minimum atomic E-state index is -0.445. The lowest BCUT2D eigenvalue weighted by Crippen LogP contribution is -1.96. The van der Waals surface area contributed by atoms with E-state index in [9.17, 15) is 8.78 Å². The van der Waals surface area contributed by atoms with Crippen molar-refractivity contribution in [1.82, 2.24) is 0 Å². The molecule has 106 valence electrons. The second kappa shape index (κ2) is 6.22. The number of halogens is 3. The second-order valence-corrected chi connectivity index (χ2v) is 5.08. The van der Waals surface area contributed by atoms with Gasteiger partial charge in [-0.1, -0.05) is 22.0 Å². The molecule has 0 N–H and O–H groups in total. The standard InChI is InChI=1S/C15H13BrF2O2/c1-19-14-4-3-9(6-12(14)17)5-10-7-13(18)15(20-2)8-11(10)16/h3-4,6-8H,5H2,1-2H3. The fraction of sp³-hybridized carbons (Fsp3) is 0.200. The molecular formula is C15H13BrF2O2. The van der Waals surface area contributed by atoms with Crippen LogP contribution in [0.4, 0.5) is 8.78 Å². The highest BCUT2D eigenvalue weighted by Crippen LogP contribution is 2.29. The van der Waals surface area contributed by atoms with Gasteiger partial charge in [-0.2, -0.15) is 0 Å². The van der Waals surface area contributed by atoms with E-state index in [1.54, 1.807) is 18.2 Å². The molecule has 0 aliphatic carbocycles. The molecule has 2 aromatic carbocycles. The molecule has 2 nitrogen and oxygen atoms in total. The van der Waals surface area contributed by atoms with Crippen LogP contribution in [0.5, 0.6) is 11.5 Å². The molecule has 2 rings (SSSR count). The van der Waals surface area contributed by atoms with Crippen molar-refractivity contribution in [2.75, 3.05) is 14.2 Å². The smallest absolute Gasteiger partial charge is 0.165 e. The molecular weight excluding hydrogens is 330 g/mol. The molecule has 0 heterocycles. The number of benzene rings is 2. The van der Waals surface area contributed by atoms with Crippen molar-refractivity contribution < 1.29 is 18.3 Å². The minimum Gasteiger partial charge on any atom is -0.494 e. The van der Waals surface area contributed by atoms with Gasteiger partial charge in [0, 0.05) is 4.47 Å². The Bertz CT molecular complexity index is 630. The van der Waals surface area contributed by atoms with Crippen LogP contribution >= 0.6 is 15.9 Å². The molecule has 0 unspecified atom stereocenters. The molecule has 5 heteroatoms. The lowest BCUT2D eigenvalue weighted by Gasteiger charge is -2.09. The predicted octanol–water partition coefficient (Wildman–Crippen LogP) is 4.34. The van der Waals surface area contributed by atoms with Crippen molar-refractivity contribution in [3.8, 4) is 11.5 Å². The SMILES string of the molecule is COc1ccc(Cc2cc(F)c(OC)cc2Br)cc1F. The molecule has 0 fully saturated rings. The fourth-order valence-electron chi connectivity index (χ4n) is 1.90. The van der Waals surface area contributed by atoms with Crippen LogP contribution in [0.1, 0.15) is 11.1 Å². The van der Waals surface area contributed by atoms with E-state index >= 15 is 0 Å². The predicted molar refractivity (Wildman–Crippen MR) is 76.4 cm³/mol. The summed E-state index contributed by atoms with van der Waals surface area (Å²) in [7, 11) is 2.82. The van der Waals surface area contributed by atoms with Crippen LogP contribution < -0.4 is 9.47 Å². The van der Waals surface area contributed by atoms with E-state index in [4.69, 9.17) is 9.47 Å². The maximum atomic E-state index is 13.7. The van der Waals surface area contributed by atoms with Gasteiger partial charge < -0.3 is 9.47 Å². The summed E-state index contributed by atoms with van der Waals surface area (Å²) < 4.78 is 37.8. The summed E-state index contributed by atoms with van der Waals surface area (Å²) in [5.74, 6) is -0.523. The quantitative estimate of drug-likeness (QED) is 0.823. The van der Waals surface area contributed by atoms with Crippen molar-refractivity contribution in [2.45, 2.75) is 6.42 Å². The largest absolute Gasteiger partial charge is 0.494 e. The Morgan fingerprint density at radius 1 is 0.950 bits per heavy atom. The molecule has 0 saturated carbocycles. The van der Waals surface area contributed by atoms with Crippen LogP contribution in [-0.2, 0) is 6.42 Å². The highest BCUT2D eigenvalue weighted by molar-refractivity contribution is 9.10. The maximum Gasteiger partial charge on any atom is 0.165 e. The number of hydrogen-bond donors (Lipinski definition) is 0. The molecule has 2 aromatic rings. The van der Waals surface area contributed by atoms with Crippen molar-refractivity contribution in [3.63, 3.8) is 0 Å². The molecule has 0 atom stereocenters. The zero-order valence-corrected chi connectivity index (χ0v) is 12.6. The molecule has 0 amide bonds. The Labute approximate surface area is 124 Å². The van der Waals surface area contributed by atoms with Crippen molar-refractivity contribution in [2.24, 2.45) is 0 Å². The maximum absolute atomic E-state index is 13.7. The molecule has 0 aliphatic heterocycles. The van der Waals surface area contributed by atoms with E-state index in [1.807, 2.05) is 0 Å². The summed E-state index contributed by atoms with van der Waals surface area (Å²) >= 11 is 3.36. The summed E-state index contributed by atoms with van der Waals surface area (Å²) in [5, 5.41) is 0. The normalized spacial score (nSPS) is 10.4. The van der Waals surface area contributed by atoms with Crippen LogP contribution in [0, 0.1) is 11.6 Å². The van der Waals surface area contributed by atoms with E-state index in [0.717, 1.165) is 5.56 Å². The summed E-state index contributed by atoms with van der Waals surface area (Å²) in [5.41, 5.74) is 1.45. The molecule has 0 saturated heterocycles. The van der Waals surface area contributed by atoms with Gasteiger partial charge in [0.2, 0.25) is 0 Å². The van der Waals surface area contributed by atoms with E-state index < -0.39 is 11.6 Å². The third-order valence-electron chi connectivity index (χ3n) is 2.93. The van der Waals surface area contributed by atoms with Crippen LogP contribution in [0.15, 0.2) is 34.8 Å². The summed E-state index contributed by atoms with van der Waals surface area (Å²) in [4.78, 5) is 0. The first-order valence-electron chi connectivity index (χ1n) is 5.89. The molecule has 0 bridgehead atoms. The van der Waals surface area contributed by atoms with Gasteiger partial charge in [-0.25, -0.2) is 8.78 Å². The van der Waals surface area contributed by atoms with Gasteiger partial charge >= 0.3 is 0 Å². The van der Waals surface area contributed by atoms with Crippen LogP contribution in [-0.4, -0.2) is 14.2 Å². The van der Waals surface area contributed by atoms with Crippen molar-refractivity contribution in [1.29, 1.82) is 0 Å². The molecule has 20 heavy (non-hydrogen) atoms. The molecule has 0 radical (unpaired) electrons. The van der Waals surface area contributed by atoms with Crippen LogP contribution in [0.2, 0.25) is 0 Å². The van der Waals surface area contributed by atoms with E-state index in [0.29, 0.717) is 16.5 Å². The monoisotopic (exact) mass is 342 g/mol. The summed E-state index contributed by atoms with van der Waals surface area (Å²) in [6, 6.07) is 7.62. The lowest BCUT2D eigenvalue weighted by atomic mass is 10.0. The topological polar surface area (TPSA) is 18.5 Å². The van der Waals surface area contributed by atoms with Crippen LogP contribution in [0.25, 0.3) is 0 Å². The summed E-state index contributed by atoms with van der Waals surface area (Å²) in [6.07, 6.45) is 0.405. The Morgan fingerprint density at radius 2 is 1.60 bits per heavy atom. The van der Waals surface area contributed by atoms with Gasteiger partial charge in [-0.05, 0) is 41.8 Å². The second-order valence-electron chi connectivity index (χ2n) is 4.22. The molecule has 0 aromatic heterocycles. The number of ether oxygens (including phenoxy) is 2. The molecule has 0 spiro atoms. The highest BCUT2D eigenvalue weighted by Gasteiger charge is 2.10. The summed E-state index contributed by atoms with van der Waals surface area (Å²) in [6.45, 7) is 0. The highest BCUT2D eigenvalue weighted by atomic mass is 79.9. The van der Waals surface area contributed by atoms with Crippen molar-refractivity contribution >= 4 is 15.9 Å². The van der Waals surface area contributed by atoms with Gasteiger partial charge in [0.05, 0.1) is 14.2 Å². The number of rotatable bonds is 4. The first-order valence-corrected chi connectivity index (χ1v) is 6.68.